The first-order chi connectivity index (χ1) is 15.3. The lowest BCUT2D eigenvalue weighted by Gasteiger charge is -2.05. The topological polar surface area (TPSA) is 43.4 Å². The van der Waals surface area contributed by atoms with Gasteiger partial charge in [-0.2, -0.15) is 0 Å². The van der Waals surface area contributed by atoms with Gasteiger partial charge in [0.05, 0.1) is 19.4 Å². The first-order valence-electron chi connectivity index (χ1n) is 10.4. The average molecular weight is 429 g/mol. The summed E-state index contributed by atoms with van der Waals surface area (Å²) in [6.07, 6.45) is 1.83. The molecule has 0 radical (unpaired) electrons. The molecule has 4 aromatic rings. The number of nitrogens with one attached hydrogen (secondary N) is 1. The summed E-state index contributed by atoms with van der Waals surface area (Å²) in [6.45, 7) is 1.53. The quantitative estimate of drug-likeness (QED) is 0.395. The molecule has 0 saturated carbocycles. The minimum absolute atomic E-state index is 0.747. The maximum atomic E-state index is 5.62. The Labute approximate surface area is 186 Å². The molecule has 3 aromatic carbocycles. The normalized spacial score (nSPS) is 12.3. The molecule has 1 aromatic heterocycles. The van der Waals surface area contributed by atoms with E-state index >= 15 is 0 Å². The first-order valence-corrected chi connectivity index (χ1v) is 11.3. The van der Waals surface area contributed by atoms with Crippen molar-refractivity contribution in [1.82, 2.24) is 4.98 Å². The molecule has 1 aliphatic rings. The summed E-state index contributed by atoms with van der Waals surface area (Å²) in [7, 11) is 1.69. The fraction of sp³-hybridized carbons (Fsp3) is 0.192. The lowest BCUT2D eigenvalue weighted by Crippen LogP contribution is -1.99. The number of fused-ring (bicyclic) bond motifs is 1. The summed E-state index contributed by atoms with van der Waals surface area (Å²) in [5.74, 6) is 1.89. The Hall–Kier alpha value is -3.31. The second kappa shape index (κ2) is 8.82. The average Bonchev–Trinajstić information content (AvgIpc) is 3.45. The van der Waals surface area contributed by atoms with Crippen LogP contribution >= 0.6 is 11.3 Å². The number of hydrogen-bond acceptors (Lipinski definition) is 5. The van der Waals surface area contributed by atoms with Crippen molar-refractivity contribution in [2.24, 2.45) is 0 Å². The van der Waals surface area contributed by atoms with E-state index in [1.54, 1.807) is 18.4 Å². The fourth-order valence-electron chi connectivity index (χ4n) is 3.83. The van der Waals surface area contributed by atoms with E-state index in [-0.39, 0.29) is 0 Å². The van der Waals surface area contributed by atoms with Crippen LogP contribution in [-0.4, -0.2) is 18.7 Å². The third kappa shape index (κ3) is 4.42. The van der Waals surface area contributed by atoms with E-state index in [0.29, 0.717) is 0 Å². The highest BCUT2D eigenvalue weighted by molar-refractivity contribution is 7.16. The lowest BCUT2D eigenvalue weighted by atomic mass is 10.1. The van der Waals surface area contributed by atoms with E-state index in [2.05, 4.69) is 59.9 Å². The molecule has 1 N–H and O–H groups in total. The van der Waals surface area contributed by atoms with Crippen LogP contribution in [0.25, 0.3) is 11.3 Å². The van der Waals surface area contributed by atoms with Gasteiger partial charge in [-0.1, -0.05) is 54.6 Å². The number of anilines is 1. The van der Waals surface area contributed by atoms with Crippen molar-refractivity contribution in [1.29, 1.82) is 0 Å². The van der Waals surface area contributed by atoms with Crippen molar-refractivity contribution in [3.63, 3.8) is 0 Å². The Balaban J connectivity index is 1.38. The largest absolute Gasteiger partial charge is 0.497 e. The van der Waals surface area contributed by atoms with Crippen LogP contribution in [0.1, 0.15) is 21.6 Å². The second-order valence-electron chi connectivity index (χ2n) is 7.58. The third-order valence-corrected chi connectivity index (χ3v) is 6.48. The fourth-order valence-corrected chi connectivity index (χ4v) is 4.84. The number of thiazole rings is 1. The second-order valence-corrected chi connectivity index (χ2v) is 8.66. The summed E-state index contributed by atoms with van der Waals surface area (Å²) in [4.78, 5) is 6.21. The zero-order chi connectivity index (χ0) is 21.0. The highest BCUT2D eigenvalue weighted by atomic mass is 32.1. The molecule has 156 valence electrons. The monoisotopic (exact) mass is 428 g/mol. The van der Waals surface area contributed by atoms with Crippen LogP contribution in [0.3, 0.4) is 0 Å². The molecule has 4 nitrogen and oxygen atoms in total. The Bertz CT molecular complexity index is 1170. The van der Waals surface area contributed by atoms with Gasteiger partial charge in [0.2, 0.25) is 0 Å². The molecule has 5 rings (SSSR count). The zero-order valence-electron chi connectivity index (χ0n) is 17.4. The lowest BCUT2D eigenvalue weighted by molar-refractivity contribution is 0.357. The Kier molecular flexibility index (Phi) is 5.59. The van der Waals surface area contributed by atoms with E-state index in [4.69, 9.17) is 14.5 Å². The van der Waals surface area contributed by atoms with Crippen LogP contribution in [0.4, 0.5) is 5.13 Å². The van der Waals surface area contributed by atoms with Crippen molar-refractivity contribution in [3.05, 3.63) is 94.4 Å². The van der Waals surface area contributed by atoms with Crippen LogP contribution in [0.5, 0.6) is 11.5 Å². The number of rotatable bonds is 7. The van der Waals surface area contributed by atoms with Crippen molar-refractivity contribution in [2.45, 2.75) is 19.4 Å². The van der Waals surface area contributed by atoms with E-state index in [1.807, 2.05) is 18.2 Å². The van der Waals surface area contributed by atoms with Gasteiger partial charge in [-0.3, -0.25) is 0 Å². The van der Waals surface area contributed by atoms with Crippen molar-refractivity contribution in [2.75, 3.05) is 19.0 Å². The maximum Gasteiger partial charge on any atom is 0.183 e. The van der Waals surface area contributed by atoms with Gasteiger partial charge in [0.15, 0.2) is 5.13 Å². The number of nitrogens with zero attached hydrogens (tertiary/aromatic N) is 1. The molecular weight excluding hydrogens is 404 g/mol. The van der Waals surface area contributed by atoms with E-state index in [0.717, 1.165) is 53.9 Å². The van der Waals surface area contributed by atoms with Gasteiger partial charge in [-0.15, -0.1) is 11.3 Å². The van der Waals surface area contributed by atoms with Crippen LogP contribution < -0.4 is 14.8 Å². The molecule has 0 atom stereocenters. The molecule has 0 fully saturated rings. The maximum absolute atomic E-state index is 5.62. The predicted octanol–water partition coefficient (Wildman–Crippen LogP) is 5.96. The summed E-state index contributed by atoms with van der Waals surface area (Å²) < 4.78 is 10.9. The Morgan fingerprint density at radius 3 is 2.61 bits per heavy atom. The number of aromatic nitrogens is 1. The third-order valence-electron chi connectivity index (χ3n) is 5.47. The molecule has 0 spiro atoms. The van der Waals surface area contributed by atoms with Gasteiger partial charge < -0.3 is 14.8 Å². The van der Waals surface area contributed by atoms with Gasteiger partial charge in [-0.05, 0) is 34.9 Å². The summed E-state index contributed by atoms with van der Waals surface area (Å²) >= 11 is 1.73. The molecular formula is C26H24N2O2S. The van der Waals surface area contributed by atoms with Crippen molar-refractivity contribution >= 4 is 16.5 Å². The van der Waals surface area contributed by atoms with Crippen LogP contribution in [0.15, 0.2) is 72.8 Å². The molecule has 5 heteroatoms. The minimum Gasteiger partial charge on any atom is -0.497 e. The van der Waals surface area contributed by atoms with Crippen LogP contribution in [-0.2, 0) is 19.4 Å². The predicted molar refractivity (Wildman–Crippen MR) is 126 cm³/mol. The van der Waals surface area contributed by atoms with Crippen molar-refractivity contribution < 1.29 is 9.47 Å². The molecule has 31 heavy (non-hydrogen) atoms. The molecule has 0 unspecified atom stereocenters. The highest BCUT2D eigenvalue weighted by Crippen LogP contribution is 2.34. The summed E-state index contributed by atoms with van der Waals surface area (Å²) in [6, 6.07) is 25.1. The Morgan fingerprint density at radius 1 is 1.00 bits per heavy atom. The summed E-state index contributed by atoms with van der Waals surface area (Å²) in [5, 5.41) is 4.48. The number of ether oxygens (including phenoxy) is 2. The molecule has 0 amide bonds. The first kappa shape index (κ1) is 19.6. The number of hydrogen-bond donors (Lipinski definition) is 1. The van der Waals surface area contributed by atoms with Gasteiger partial charge in [-0.25, -0.2) is 4.98 Å². The standard InChI is InChI=1S/C26H24N2O2S/c1-29-22-10-7-18(8-11-22)16-24-25(20-5-3-2-4-6-20)28-26(31-24)27-17-19-9-12-23-21(15-19)13-14-30-23/h2-12,15H,13-14,16-17H2,1H3,(H,27,28). The van der Waals surface area contributed by atoms with Gasteiger partial charge in [0, 0.05) is 29.8 Å². The number of methoxy groups -OCH3 is 1. The zero-order valence-corrected chi connectivity index (χ0v) is 18.2. The number of benzene rings is 3. The Morgan fingerprint density at radius 2 is 1.81 bits per heavy atom. The summed E-state index contributed by atoms with van der Waals surface area (Å²) in [5.41, 5.74) is 5.98. The highest BCUT2D eigenvalue weighted by Gasteiger charge is 2.15. The smallest absolute Gasteiger partial charge is 0.183 e. The molecule has 0 aliphatic carbocycles. The van der Waals surface area contributed by atoms with Gasteiger partial charge >= 0.3 is 0 Å². The minimum atomic E-state index is 0.747. The van der Waals surface area contributed by atoms with Crippen LogP contribution in [0, 0.1) is 0 Å². The molecule has 0 bridgehead atoms. The van der Waals surface area contributed by atoms with E-state index < -0.39 is 0 Å². The molecule has 0 saturated heterocycles. The molecule has 2 heterocycles. The van der Waals surface area contributed by atoms with Gasteiger partial charge in [0.25, 0.3) is 0 Å². The van der Waals surface area contributed by atoms with E-state index in [1.165, 1.54) is 21.6 Å². The van der Waals surface area contributed by atoms with E-state index in [9.17, 15) is 0 Å². The van der Waals surface area contributed by atoms with Crippen LogP contribution in [0.2, 0.25) is 0 Å². The molecule has 1 aliphatic heterocycles. The SMILES string of the molecule is COc1ccc(Cc2sc(NCc3ccc4c(c3)CCO4)nc2-c2ccccc2)cc1. The van der Waals surface area contributed by atoms with Gasteiger partial charge in [0.1, 0.15) is 11.5 Å². The van der Waals surface area contributed by atoms with Crippen molar-refractivity contribution in [3.8, 4) is 22.8 Å².